The number of carbonyl (C=O) groups is 1. The van der Waals surface area contributed by atoms with E-state index in [-0.39, 0.29) is 5.56 Å². The Hall–Kier alpha value is -3.41. The number of rotatable bonds is 10. The Morgan fingerprint density at radius 1 is 0.912 bits per heavy atom. The fraction of sp³-hybridized carbons (Fsp3) is 0.393. The molecule has 2 N–H and O–H groups in total. The molecule has 2 aromatic carbocycles. The van der Waals surface area contributed by atoms with Gasteiger partial charge in [0.15, 0.2) is 5.65 Å². The lowest BCUT2D eigenvalue weighted by Crippen LogP contribution is -2.10. The van der Waals surface area contributed by atoms with Gasteiger partial charge in [-0.3, -0.25) is 4.57 Å². The second-order valence-corrected chi connectivity index (χ2v) is 9.01. The number of nitrogen functional groups attached to an aromatic ring is 1. The number of benzene rings is 2. The molecule has 0 aliphatic heterocycles. The summed E-state index contributed by atoms with van der Waals surface area (Å²) in [4.78, 5) is 22.8. The third kappa shape index (κ3) is 4.91. The highest BCUT2D eigenvalue weighted by atomic mass is 16.5. The Kier molecular flexibility index (Phi) is 7.46. The molecule has 0 aliphatic carbocycles. The van der Waals surface area contributed by atoms with Crippen molar-refractivity contribution in [2.24, 2.45) is 0 Å². The molecule has 0 fully saturated rings. The smallest absolute Gasteiger partial charge is 0.344 e. The summed E-state index contributed by atoms with van der Waals surface area (Å²) in [5.74, 6) is -0.140. The number of para-hydroxylation sites is 2. The maximum Gasteiger partial charge on any atom is 0.344 e. The highest BCUT2D eigenvalue weighted by Gasteiger charge is 2.26. The van der Waals surface area contributed by atoms with Crippen LogP contribution in [-0.4, -0.2) is 27.1 Å². The van der Waals surface area contributed by atoms with E-state index in [0.717, 1.165) is 29.6 Å². The minimum absolute atomic E-state index is 0.287. The average Bonchev–Trinajstić information content (AvgIpc) is 3.11. The van der Waals surface area contributed by atoms with Crippen LogP contribution in [0.25, 0.3) is 27.9 Å². The van der Waals surface area contributed by atoms with E-state index in [1.54, 1.807) is 0 Å². The van der Waals surface area contributed by atoms with Crippen molar-refractivity contribution >= 4 is 34.0 Å². The molecule has 0 saturated heterocycles. The van der Waals surface area contributed by atoms with Crippen molar-refractivity contribution in [1.82, 2.24) is 14.5 Å². The number of hydrogen-bond donors (Lipinski definition) is 1. The van der Waals surface area contributed by atoms with E-state index >= 15 is 0 Å². The molecule has 0 bridgehead atoms. The molecule has 4 rings (SSSR count). The van der Waals surface area contributed by atoms with Gasteiger partial charge in [0.2, 0.25) is 0 Å². The van der Waals surface area contributed by atoms with Crippen molar-refractivity contribution in [3.05, 3.63) is 59.2 Å². The van der Waals surface area contributed by atoms with Crippen molar-refractivity contribution in [3.8, 4) is 5.69 Å². The maximum atomic E-state index is 13.2. The predicted octanol–water partition coefficient (Wildman–Crippen LogP) is 6.68. The molecule has 2 aromatic heterocycles. The van der Waals surface area contributed by atoms with E-state index in [1.807, 2.05) is 41.0 Å². The first-order valence-electron chi connectivity index (χ1n) is 12.3. The van der Waals surface area contributed by atoms with Crippen LogP contribution in [0.4, 0.5) is 5.82 Å². The number of fused-ring (bicyclic) bond motifs is 2. The van der Waals surface area contributed by atoms with Gasteiger partial charge in [-0.2, -0.15) is 0 Å². The Labute approximate surface area is 201 Å². The fourth-order valence-electron chi connectivity index (χ4n) is 4.29. The van der Waals surface area contributed by atoms with Gasteiger partial charge >= 0.3 is 5.97 Å². The minimum atomic E-state index is -0.444. The topological polar surface area (TPSA) is 83.0 Å². The number of nitrogens with two attached hydrogens (primary N) is 1. The lowest BCUT2D eigenvalue weighted by Gasteiger charge is -2.10. The molecule has 0 amide bonds. The molecule has 6 heteroatoms. The molecule has 0 radical (unpaired) electrons. The van der Waals surface area contributed by atoms with E-state index in [0.29, 0.717) is 29.1 Å². The van der Waals surface area contributed by atoms with Gasteiger partial charge in [0.05, 0.1) is 17.6 Å². The SMILES string of the molecule is CCCCCCCCCOC(=O)c1c(N)n(-c2ccc(C)c(C)c2)c2nc3ccccc3nc12. The number of aryl methyl sites for hydroxylation is 2. The molecule has 34 heavy (non-hydrogen) atoms. The molecule has 6 nitrogen and oxygen atoms in total. The fourth-order valence-corrected chi connectivity index (χ4v) is 4.29. The lowest BCUT2D eigenvalue weighted by atomic mass is 10.1. The van der Waals surface area contributed by atoms with Crippen LogP contribution in [0.15, 0.2) is 42.5 Å². The third-order valence-electron chi connectivity index (χ3n) is 6.43. The van der Waals surface area contributed by atoms with E-state index in [1.165, 1.54) is 37.7 Å². The number of hydrogen-bond acceptors (Lipinski definition) is 5. The van der Waals surface area contributed by atoms with Crippen LogP contribution >= 0.6 is 0 Å². The van der Waals surface area contributed by atoms with Crippen LogP contribution in [0.2, 0.25) is 0 Å². The number of unbranched alkanes of at least 4 members (excludes halogenated alkanes) is 6. The third-order valence-corrected chi connectivity index (χ3v) is 6.43. The predicted molar refractivity (Wildman–Crippen MR) is 139 cm³/mol. The van der Waals surface area contributed by atoms with Crippen molar-refractivity contribution in [3.63, 3.8) is 0 Å². The highest BCUT2D eigenvalue weighted by molar-refractivity contribution is 6.09. The van der Waals surface area contributed by atoms with Gasteiger partial charge in [0, 0.05) is 5.69 Å². The van der Waals surface area contributed by atoms with Gasteiger partial charge < -0.3 is 10.5 Å². The van der Waals surface area contributed by atoms with Crippen LogP contribution < -0.4 is 5.73 Å². The average molecular weight is 459 g/mol. The summed E-state index contributed by atoms with van der Waals surface area (Å²) in [6.45, 7) is 6.72. The zero-order valence-electron chi connectivity index (χ0n) is 20.4. The van der Waals surface area contributed by atoms with Crippen LogP contribution in [-0.2, 0) is 4.74 Å². The monoisotopic (exact) mass is 458 g/mol. The van der Waals surface area contributed by atoms with Crippen molar-refractivity contribution in [2.45, 2.75) is 65.7 Å². The zero-order chi connectivity index (χ0) is 24.1. The van der Waals surface area contributed by atoms with E-state index < -0.39 is 5.97 Å². The van der Waals surface area contributed by atoms with Gasteiger partial charge in [-0.25, -0.2) is 14.8 Å². The molecule has 2 heterocycles. The second kappa shape index (κ2) is 10.7. The highest BCUT2D eigenvalue weighted by Crippen LogP contribution is 2.32. The molecule has 0 spiro atoms. The van der Waals surface area contributed by atoms with E-state index in [9.17, 15) is 4.79 Å². The second-order valence-electron chi connectivity index (χ2n) is 9.01. The molecule has 4 aromatic rings. The molecule has 0 unspecified atom stereocenters. The standard InChI is InChI=1S/C28H34N4O2/c1-4-5-6-7-8-9-12-17-34-28(33)24-25-27(31-23-14-11-10-13-22(23)30-25)32(26(24)29)21-16-15-19(2)20(3)18-21/h10-11,13-16,18H,4-9,12,17,29H2,1-3H3. The Balaban J connectivity index is 1.64. The van der Waals surface area contributed by atoms with Crippen molar-refractivity contribution in [2.75, 3.05) is 12.3 Å². The van der Waals surface area contributed by atoms with Crippen LogP contribution in [0, 0.1) is 13.8 Å². The van der Waals surface area contributed by atoms with Gasteiger partial charge in [-0.05, 0) is 55.7 Å². The lowest BCUT2D eigenvalue weighted by molar-refractivity contribution is 0.0501. The van der Waals surface area contributed by atoms with Gasteiger partial charge in [-0.15, -0.1) is 0 Å². The van der Waals surface area contributed by atoms with Gasteiger partial charge in [0.1, 0.15) is 16.9 Å². The van der Waals surface area contributed by atoms with Crippen LogP contribution in [0.3, 0.4) is 0 Å². The van der Waals surface area contributed by atoms with E-state index in [4.69, 9.17) is 20.4 Å². The molecule has 0 aliphatic rings. The summed E-state index contributed by atoms with van der Waals surface area (Å²) in [6, 6.07) is 13.7. The molecule has 178 valence electrons. The molecule has 0 atom stereocenters. The summed E-state index contributed by atoms with van der Waals surface area (Å²) < 4.78 is 7.46. The van der Waals surface area contributed by atoms with Crippen molar-refractivity contribution < 1.29 is 9.53 Å². The normalized spacial score (nSPS) is 11.4. The van der Waals surface area contributed by atoms with Crippen LogP contribution in [0.5, 0.6) is 0 Å². The van der Waals surface area contributed by atoms with Crippen LogP contribution in [0.1, 0.15) is 73.4 Å². The first-order valence-corrected chi connectivity index (χ1v) is 12.3. The summed E-state index contributed by atoms with van der Waals surface area (Å²) in [5.41, 5.74) is 12.5. The Morgan fingerprint density at radius 3 is 2.29 bits per heavy atom. The number of anilines is 1. The quantitative estimate of drug-likeness (QED) is 0.212. The Bertz CT molecular complexity index is 1310. The summed E-state index contributed by atoms with van der Waals surface area (Å²) in [5, 5.41) is 0. The number of esters is 1. The molecular formula is C28H34N4O2. The number of carbonyl (C=O) groups excluding carboxylic acids is 1. The molecular weight excluding hydrogens is 424 g/mol. The number of ether oxygens (including phenoxy) is 1. The first kappa shape index (κ1) is 23.7. The maximum absolute atomic E-state index is 13.2. The summed E-state index contributed by atoms with van der Waals surface area (Å²) >= 11 is 0. The molecule has 0 saturated carbocycles. The van der Waals surface area contributed by atoms with Gasteiger partial charge in [-0.1, -0.05) is 63.6 Å². The largest absolute Gasteiger partial charge is 0.462 e. The van der Waals surface area contributed by atoms with E-state index in [2.05, 4.69) is 26.8 Å². The van der Waals surface area contributed by atoms with Gasteiger partial charge in [0.25, 0.3) is 0 Å². The minimum Gasteiger partial charge on any atom is -0.462 e. The zero-order valence-corrected chi connectivity index (χ0v) is 20.4. The number of nitrogens with zero attached hydrogens (tertiary/aromatic N) is 3. The van der Waals surface area contributed by atoms with Crippen molar-refractivity contribution in [1.29, 1.82) is 0 Å². The summed E-state index contributed by atoms with van der Waals surface area (Å²) in [6.07, 6.45) is 8.12. The summed E-state index contributed by atoms with van der Waals surface area (Å²) in [7, 11) is 0. The Morgan fingerprint density at radius 2 is 1.59 bits per heavy atom. The number of aromatic nitrogens is 3. The first-order chi connectivity index (χ1) is 16.5.